The smallest absolute Gasteiger partial charge is 0.163 e. The highest BCUT2D eigenvalue weighted by molar-refractivity contribution is 5.60. The van der Waals surface area contributed by atoms with Crippen LogP contribution in [0.5, 0.6) is 11.5 Å². The van der Waals surface area contributed by atoms with Crippen LogP contribution in [0.3, 0.4) is 0 Å². The molecule has 0 radical (unpaired) electrons. The van der Waals surface area contributed by atoms with Crippen molar-refractivity contribution >= 4 is 5.69 Å². The lowest BCUT2D eigenvalue weighted by Crippen LogP contribution is -2.39. The van der Waals surface area contributed by atoms with Crippen LogP contribution in [0.25, 0.3) is 0 Å². The Balaban J connectivity index is 1.66. The summed E-state index contributed by atoms with van der Waals surface area (Å²) in [7, 11) is 0. The number of rotatable bonds is 3. The first-order valence-electron chi connectivity index (χ1n) is 7.20. The third-order valence-electron chi connectivity index (χ3n) is 3.84. The molecule has 2 aliphatic heterocycles. The van der Waals surface area contributed by atoms with Crippen molar-refractivity contribution in [1.29, 1.82) is 0 Å². The fraction of sp³-hybridized carbons (Fsp3) is 0.600. The Morgan fingerprint density at radius 2 is 2.00 bits per heavy atom. The maximum atomic E-state index is 5.63. The van der Waals surface area contributed by atoms with Gasteiger partial charge in [-0.15, -0.1) is 0 Å². The number of nitrogens with one attached hydrogen (secondary N) is 2. The monoisotopic (exact) mass is 262 g/mol. The largest absolute Gasteiger partial charge is 0.486 e. The molecule has 3 rings (SSSR count). The number of aryl methyl sites for hydroxylation is 1. The molecule has 1 unspecified atom stereocenters. The van der Waals surface area contributed by atoms with Crippen LogP contribution in [0.1, 0.15) is 24.8 Å². The summed E-state index contributed by atoms with van der Waals surface area (Å²) in [6, 6.07) is 4.71. The van der Waals surface area contributed by atoms with Crippen LogP contribution < -0.4 is 20.1 Å². The highest BCUT2D eigenvalue weighted by atomic mass is 16.6. The molecule has 1 saturated heterocycles. The first-order chi connectivity index (χ1) is 9.33. The third-order valence-corrected chi connectivity index (χ3v) is 3.84. The van der Waals surface area contributed by atoms with Crippen molar-refractivity contribution in [2.45, 2.75) is 32.2 Å². The van der Waals surface area contributed by atoms with E-state index < -0.39 is 0 Å². The average molecular weight is 262 g/mol. The Kier molecular flexibility index (Phi) is 3.78. The summed E-state index contributed by atoms with van der Waals surface area (Å²) in [4.78, 5) is 0. The topological polar surface area (TPSA) is 42.5 Å². The van der Waals surface area contributed by atoms with Gasteiger partial charge >= 0.3 is 0 Å². The number of anilines is 1. The Hall–Kier alpha value is -1.42. The van der Waals surface area contributed by atoms with Crippen LogP contribution in [0, 0.1) is 6.92 Å². The molecule has 1 aromatic carbocycles. The maximum Gasteiger partial charge on any atom is 0.163 e. The number of fused-ring (bicyclic) bond motifs is 1. The van der Waals surface area contributed by atoms with Gasteiger partial charge in [-0.1, -0.05) is 6.42 Å². The maximum absolute atomic E-state index is 5.63. The van der Waals surface area contributed by atoms with Crippen molar-refractivity contribution in [2.24, 2.45) is 0 Å². The van der Waals surface area contributed by atoms with Gasteiger partial charge in [0.05, 0.1) is 0 Å². The van der Waals surface area contributed by atoms with E-state index in [1.54, 1.807) is 0 Å². The fourth-order valence-electron chi connectivity index (χ4n) is 2.71. The zero-order valence-corrected chi connectivity index (χ0v) is 11.5. The number of hydrogen-bond acceptors (Lipinski definition) is 4. The van der Waals surface area contributed by atoms with Crippen LogP contribution >= 0.6 is 0 Å². The normalized spacial score (nSPS) is 22.1. The van der Waals surface area contributed by atoms with E-state index in [1.165, 1.54) is 24.8 Å². The minimum Gasteiger partial charge on any atom is -0.486 e. The molecule has 0 aliphatic carbocycles. The molecule has 0 spiro atoms. The van der Waals surface area contributed by atoms with Gasteiger partial charge in [-0.25, -0.2) is 0 Å². The number of ether oxygens (including phenoxy) is 2. The molecule has 0 bridgehead atoms. The minimum absolute atomic E-state index is 0.585. The zero-order chi connectivity index (χ0) is 13.1. The SMILES string of the molecule is Cc1cc2c(cc1NCC1CCCCN1)OCCO2. The predicted molar refractivity (Wildman–Crippen MR) is 76.3 cm³/mol. The molecule has 4 heteroatoms. The van der Waals surface area contributed by atoms with Gasteiger partial charge in [0.25, 0.3) is 0 Å². The molecule has 1 atom stereocenters. The second-order valence-electron chi connectivity index (χ2n) is 5.34. The van der Waals surface area contributed by atoms with Gasteiger partial charge < -0.3 is 20.1 Å². The van der Waals surface area contributed by atoms with Gasteiger partial charge in [0.1, 0.15) is 13.2 Å². The van der Waals surface area contributed by atoms with Gasteiger partial charge in [-0.3, -0.25) is 0 Å². The van der Waals surface area contributed by atoms with Crippen molar-refractivity contribution < 1.29 is 9.47 Å². The summed E-state index contributed by atoms with van der Waals surface area (Å²) in [6.07, 6.45) is 3.90. The second kappa shape index (κ2) is 5.70. The highest BCUT2D eigenvalue weighted by Gasteiger charge is 2.16. The summed E-state index contributed by atoms with van der Waals surface area (Å²) in [6.45, 7) is 5.51. The second-order valence-corrected chi connectivity index (χ2v) is 5.34. The molecule has 1 aromatic rings. The number of hydrogen-bond donors (Lipinski definition) is 2. The summed E-state index contributed by atoms with van der Waals surface area (Å²) >= 11 is 0. The van der Waals surface area contributed by atoms with Gasteiger partial charge in [0, 0.05) is 24.3 Å². The standard InChI is InChI=1S/C15H22N2O2/c1-11-8-14-15(19-7-6-18-14)9-13(11)17-10-12-4-2-3-5-16-12/h8-9,12,16-17H,2-7,10H2,1H3. The summed E-state index contributed by atoms with van der Waals surface area (Å²) in [5.74, 6) is 1.72. The molecule has 4 nitrogen and oxygen atoms in total. The lowest BCUT2D eigenvalue weighted by Gasteiger charge is -2.25. The average Bonchev–Trinajstić information content (AvgIpc) is 2.46. The zero-order valence-electron chi connectivity index (χ0n) is 11.5. The first-order valence-corrected chi connectivity index (χ1v) is 7.20. The van der Waals surface area contributed by atoms with Crippen LogP contribution in [-0.4, -0.2) is 32.3 Å². The Bertz CT molecular complexity index is 442. The number of piperidine rings is 1. The third kappa shape index (κ3) is 2.95. The van der Waals surface area contributed by atoms with Gasteiger partial charge in [0.2, 0.25) is 0 Å². The fourth-order valence-corrected chi connectivity index (χ4v) is 2.71. The van der Waals surface area contributed by atoms with Crippen molar-refractivity contribution in [3.8, 4) is 11.5 Å². The van der Waals surface area contributed by atoms with E-state index in [4.69, 9.17) is 9.47 Å². The van der Waals surface area contributed by atoms with Crippen molar-refractivity contribution in [1.82, 2.24) is 5.32 Å². The van der Waals surface area contributed by atoms with E-state index in [2.05, 4.69) is 29.7 Å². The Morgan fingerprint density at radius 1 is 1.21 bits per heavy atom. The van der Waals surface area contributed by atoms with Gasteiger partial charge in [-0.05, 0) is 37.9 Å². The highest BCUT2D eigenvalue weighted by Crippen LogP contribution is 2.35. The van der Waals surface area contributed by atoms with Crippen LogP contribution in [0.15, 0.2) is 12.1 Å². The predicted octanol–water partition coefficient (Wildman–Crippen LogP) is 2.32. The van der Waals surface area contributed by atoms with Crippen LogP contribution in [0.4, 0.5) is 5.69 Å². The first kappa shape index (κ1) is 12.6. The van der Waals surface area contributed by atoms with Crippen LogP contribution in [0.2, 0.25) is 0 Å². The van der Waals surface area contributed by atoms with E-state index in [1.807, 2.05) is 0 Å². The molecule has 0 saturated carbocycles. The van der Waals surface area contributed by atoms with E-state index in [0.29, 0.717) is 19.3 Å². The summed E-state index contributed by atoms with van der Waals surface area (Å²) < 4.78 is 11.2. The lowest BCUT2D eigenvalue weighted by atomic mass is 10.0. The quantitative estimate of drug-likeness (QED) is 0.877. The van der Waals surface area contributed by atoms with E-state index in [9.17, 15) is 0 Å². The molecule has 0 aromatic heterocycles. The molecule has 2 N–H and O–H groups in total. The molecule has 0 amide bonds. The van der Waals surface area contributed by atoms with Crippen molar-refractivity contribution in [3.63, 3.8) is 0 Å². The molecular formula is C15H22N2O2. The van der Waals surface area contributed by atoms with E-state index in [-0.39, 0.29) is 0 Å². The van der Waals surface area contributed by atoms with Crippen molar-refractivity contribution in [2.75, 3.05) is 31.6 Å². The minimum atomic E-state index is 0.585. The lowest BCUT2D eigenvalue weighted by molar-refractivity contribution is 0.171. The van der Waals surface area contributed by atoms with E-state index in [0.717, 1.165) is 30.3 Å². The Morgan fingerprint density at radius 3 is 2.74 bits per heavy atom. The van der Waals surface area contributed by atoms with Gasteiger partial charge in [0.15, 0.2) is 11.5 Å². The summed E-state index contributed by atoms with van der Waals surface area (Å²) in [5, 5.41) is 7.09. The molecule has 104 valence electrons. The molecular weight excluding hydrogens is 240 g/mol. The van der Waals surface area contributed by atoms with Gasteiger partial charge in [-0.2, -0.15) is 0 Å². The Labute approximate surface area is 114 Å². The molecule has 1 fully saturated rings. The van der Waals surface area contributed by atoms with Crippen molar-refractivity contribution in [3.05, 3.63) is 17.7 Å². The number of benzene rings is 1. The van der Waals surface area contributed by atoms with E-state index >= 15 is 0 Å². The molecule has 2 heterocycles. The van der Waals surface area contributed by atoms with Crippen LogP contribution in [-0.2, 0) is 0 Å². The molecule has 2 aliphatic rings. The molecule has 19 heavy (non-hydrogen) atoms. The summed E-state index contributed by atoms with van der Waals surface area (Å²) in [5.41, 5.74) is 2.36.